The number of anilines is 1. The van der Waals surface area contributed by atoms with Crippen molar-refractivity contribution < 1.29 is 14.3 Å². The van der Waals surface area contributed by atoms with Gasteiger partial charge >= 0.3 is 0 Å². The Morgan fingerprint density at radius 1 is 0.926 bits per heavy atom. The Bertz CT molecular complexity index is 793. The van der Waals surface area contributed by atoms with Crippen molar-refractivity contribution in [3.8, 4) is 5.75 Å². The molecular formula is C22H26N2O3. The van der Waals surface area contributed by atoms with Crippen LogP contribution in [-0.4, -0.2) is 24.0 Å². The van der Waals surface area contributed by atoms with E-state index in [-0.39, 0.29) is 24.0 Å². The summed E-state index contributed by atoms with van der Waals surface area (Å²) >= 11 is 0. The van der Waals surface area contributed by atoms with Crippen LogP contribution in [0.4, 0.5) is 5.69 Å². The van der Waals surface area contributed by atoms with Crippen LogP contribution in [0, 0.1) is 0 Å². The first-order valence-corrected chi connectivity index (χ1v) is 9.51. The highest BCUT2D eigenvalue weighted by Gasteiger charge is 2.18. The molecule has 2 aromatic rings. The fourth-order valence-electron chi connectivity index (χ4n) is 3.23. The van der Waals surface area contributed by atoms with Crippen molar-refractivity contribution in [1.82, 2.24) is 5.32 Å². The summed E-state index contributed by atoms with van der Waals surface area (Å²) in [7, 11) is 0. The molecule has 0 heterocycles. The van der Waals surface area contributed by atoms with Crippen molar-refractivity contribution in [2.24, 2.45) is 0 Å². The lowest BCUT2D eigenvalue weighted by atomic mass is 10.1. The molecule has 0 unspecified atom stereocenters. The fourth-order valence-corrected chi connectivity index (χ4v) is 3.23. The van der Waals surface area contributed by atoms with Crippen LogP contribution < -0.4 is 15.4 Å². The summed E-state index contributed by atoms with van der Waals surface area (Å²) in [6.45, 7) is 3.88. The third-order valence-electron chi connectivity index (χ3n) is 4.60. The highest BCUT2D eigenvalue weighted by atomic mass is 16.5. The van der Waals surface area contributed by atoms with Gasteiger partial charge in [-0.1, -0.05) is 25.0 Å². The van der Waals surface area contributed by atoms with Gasteiger partial charge in [0.05, 0.1) is 11.8 Å². The van der Waals surface area contributed by atoms with E-state index in [4.69, 9.17) is 4.74 Å². The number of nitrogens with one attached hydrogen (secondary N) is 2. The molecule has 142 valence electrons. The summed E-state index contributed by atoms with van der Waals surface area (Å²) in [4.78, 5) is 24.8. The van der Waals surface area contributed by atoms with Crippen molar-refractivity contribution in [3.05, 3.63) is 59.7 Å². The van der Waals surface area contributed by atoms with Crippen LogP contribution in [0.1, 0.15) is 60.2 Å². The zero-order valence-electron chi connectivity index (χ0n) is 15.8. The molecule has 1 fully saturated rings. The van der Waals surface area contributed by atoms with E-state index < -0.39 is 0 Å². The second-order valence-corrected chi connectivity index (χ2v) is 7.15. The van der Waals surface area contributed by atoms with Gasteiger partial charge in [-0.05, 0) is 63.1 Å². The van der Waals surface area contributed by atoms with Crippen molar-refractivity contribution in [1.29, 1.82) is 0 Å². The number of para-hydroxylation sites is 2. The molecule has 0 aromatic heterocycles. The molecular weight excluding hydrogens is 340 g/mol. The molecule has 1 saturated carbocycles. The molecule has 2 N–H and O–H groups in total. The van der Waals surface area contributed by atoms with Gasteiger partial charge < -0.3 is 15.4 Å². The Morgan fingerprint density at radius 3 is 2.15 bits per heavy atom. The SMILES string of the molecule is CC(C)Oc1ccccc1NC(=O)c1ccc(C(=O)NC2CCCC2)cc1. The molecule has 0 aliphatic heterocycles. The lowest BCUT2D eigenvalue weighted by Gasteiger charge is -2.15. The number of hydrogen-bond donors (Lipinski definition) is 2. The van der Waals surface area contributed by atoms with E-state index >= 15 is 0 Å². The summed E-state index contributed by atoms with van der Waals surface area (Å²) in [5, 5.41) is 5.93. The summed E-state index contributed by atoms with van der Waals surface area (Å²) in [5.41, 5.74) is 1.69. The maximum absolute atomic E-state index is 12.5. The minimum atomic E-state index is -0.238. The van der Waals surface area contributed by atoms with Crippen LogP contribution in [0.15, 0.2) is 48.5 Å². The van der Waals surface area contributed by atoms with E-state index in [9.17, 15) is 9.59 Å². The number of carbonyl (C=O) groups excluding carboxylic acids is 2. The van der Waals surface area contributed by atoms with Crippen LogP contribution in [0.2, 0.25) is 0 Å². The van der Waals surface area contributed by atoms with Crippen LogP contribution in [-0.2, 0) is 0 Å². The van der Waals surface area contributed by atoms with Gasteiger partial charge in [0.15, 0.2) is 0 Å². The van der Waals surface area contributed by atoms with Crippen molar-refractivity contribution in [2.45, 2.75) is 51.7 Å². The van der Waals surface area contributed by atoms with E-state index in [1.807, 2.05) is 32.0 Å². The highest BCUT2D eigenvalue weighted by Crippen LogP contribution is 2.25. The highest BCUT2D eigenvalue weighted by molar-refractivity contribution is 6.05. The van der Waals surface area contributed by atoms with E-state index in [1.165, 1.54) is 12.8 Å². The summed E-state index contributed by atoms with van der Waals surface area (Å²) in [6, 6.07) is 14.3. The third-order valence-corrected chi connectivity index (χ3v) is 4.60. The van der Waals surface area contributed by atoms with Crippen molar-refractivity contribution in [3.63, 3.8) is 0 Å². The third kappa shape index (κ3) is 5.09. The van der Waals surface area contributed by atoms with Crippen molar-refractivity contribution >= 4 is 17.5 Å². The molecule has 0 radical (unpaired) electrons. The van der Waals surface area contributed by atoms with Crippen LogP contribution in [0.5, 0.6) is 5.75 Å². The van der Waals surface area contributed by atoms with Gasteiger partial charge in [0, 0.05) is 17.2 Å². The predicted molar refractivity (Wildman–Crippen MR) is 106 cm³/mol. The standard InChI is InChI=1S/C22H26N2O3/c1-15(2)27-20-10-6-5-9-19(20)24-22(26)17-13-11-16(12-14-17)21(25)23-18-7-3-4-8-18/h5-6,9-15,18H,3-4,7-8H2,1-2H3,(H,23,25)(H,24,26). The van der Waals surface area contributed by atoms with E-state index in [0.29, 0.717) is 22.6 Å². The number of benzene rings is 2. The largest absolute Gasteiger partial charge is 0.489 e. The smallest absolute Gasteiger partial charge is 0.255 e. The maximum Gasteiger partial charge on any atom is 0.255 e. The van der Waals surface area contributed by atoms with Gasteiger partial charge in [-0.2, -0.15) is 0 Å². The number of hydrogen-bond acceptors (Lipinski definition) is 3. The first kappa shape index (κ1) is 19.0. The molecule has 5 nitrogen and oxygen atoms in total. The molecule has 0 spiro atoms. The fraction of sp³-hybridized carbons (Fsp3) is 0.364. The second-order valence-electron chi connectivity index (χ2n) is 7.15. The summed E-state index contributed by atoms with van der Waals surface area (Å²) in [6.07, 6.45) is 4.45. The number of rotatable bonds is 6. The molecule has 0 bridgehead atoms. The van der Waals surface area contributed by atoms with Gasteiger partial charge in [0.2, 0.25) is 0 Å². The zero-order valence-corrected chi connectivity index (χ0v) is 15.8. The minimum Gasteiger partial charge on any atom is -0.489 e. The number of amides is 2. The molecule has 3 rings (SSSR count). The zero-order chi connectivity index (χ0) is 19.2. The average Bonchev–Trinajstić information content (AvgIpc) is 3.16. The molecule has 0 saturated heterocycles. The number of carbonyl (C=O) groups is 2. The topological polar surface area (TPSA) is 67.4 Å². The maximum atomic E-state index is 12.5. The van der Waals surface area contributed by atoms with Gasteiger partial charge in [0.1, 0.15) is 5.75 Å². The molecule has 5 heteroatoms. The second kappa shape index (κ2) is 8.71. The van der Waals surface area contributed by atoms with Crippen LogP contribution in [0.25, 0.3) is 0 Å². The van der Waals surface area contributed by atoms with E-state index in [2.05, 4.69) is 10.6 Å². The van der Waals surface area contributed by atoms with Gasteiger partial charge in [-0.15, -0.1) is 0 Å². The van der Waals surface area contributed by atoms with Gasteiger partial charge in [0.25, 0.3) is 11.8 Å². The Hall–Kier alpha value is -2.82. The first-order chi connectivity index (χ1) is 13.0. The minimum absolute atomic E-state index is 0.0146. The van der Waals surface area contributed by atoms with Crippen molar-refractivity contribution in [2.75, 3.05) is 5.32 Å². The molecule has 1 aliphatic rings. The molecule has 2 aromatic carbocycles. The number of ether oxygens (including phenoxy) is 1. The lowest BCUT2D eigenvalue weighted by molar-refractivity contribution is 0.0936. The van der Waals surface area contributed by atoms with Gasteiger partial charge in [-0.25, -0.2) is 0 Å². The first-order valence-electron chi connectivity index (χ1n) is 9.51. The predicted octanol–water partition coefficient (Wildman–Crippen LogP) is 4.40. The Morgan fingerprint density at radius 2 is 1.52 bits per heavy atom. The molecule has 27 heavy (non-hydrogen) atoms. The van der Waals surface area contributed by atoms with Crippen LogP contribution >= 0.6 is 0 Å². The molecule has 2 amide bonds. The van der Waals surface area contributed by atoms with E-state index in [0.717, 1.165) is 12.8 Å². The monoisotopic (exact) mass is 366 g/mol. The normalized spacial score (nSPS) is 14.2. The van der Waals surface area contributed by atoms with Gasteiger partial charge in [-0.3, -0.25) is 9.59 Å². The Labute approximate surface area is 160 Å². The quantitative estimate of drug-likeness (QED) is 0.796. The average molecular weight is 366 g/mol. The van der Waals surface area contributed by atoms with E-state index in [1.54, 1.807) is 30.3 Å². The summed E-state index contributed by atoms with van der Waals surface area (Å²) in [5.74, 6) is 0.315. The lowest BCUT2D eigenvalue weighted by Crippen LogP contribution is -2.32. The molecule has 0 atom stereocenters. The Kier molecular flexibility index (Phi) is 6.12. The van der Waals surface area contributed by atoms with Crippen LogP contribution in [0.3, 0.4) is 0 Å². The Balaban J connectivity index is 1.65. The summed E-state index contributed by atoms with van der Waals surface area (Å²) < 4.78 is 5.73. The molecule has 1 aliphatic carbocycles.